The normalized spacial score (nSPS) is 11.7. The predicted molar refractivity (Wildman–Crippen MR) is 106 cm³/mol. The zero-order valence-electron chi connectivity index (χ0n) is 16.6. The third-order valence-electron chi connectivity index (χ3n) is 4.53. The summed E-state index contributed by atoms with van der Waals surface area (Å²) in [5, 5.41) is 2.95. The van der Waals surface area contributed by atoms with Gasteiger partial charge in [0.2, 0.25) is 5.91 Å². The van der Waals surface area contributed by atoms with Gasteiger partial charge in [-0.25, -0.2) is 9.37 Å². The van der Waals surface area contributed by atoms with Crippen molar-refractivity contribution in [2.24, 2.45) is 0 Å². The molecule has 3 rings (SSSR count). The first-order valence-corrected chi connectivity index (χ1v) is 9.22. The summed E-state index contributed by atoms with van der Waals surface area (Å²) in [6.45, 7) is 1.88. The molecule has 0 aliphatic heterocycles. The van der Waals surface area contributed by atoms with E-state index in [0.717, 1.165) is 11.1 Å². The predicted octanol–water partition coefficient (Wildman–Crippen LogP) is 4.31. The van der Waals surface area contributed by atoms with E-state index in [1.54, 1.807) is 44.7 Å². The highest BCUT2D eigenvalue weighted by atomic mass is 19.1. The second kappa shape index (κ2) is 9.23. The number of hydrogen-bond acceptors (Lipinski definition) is 5. The molecule has 2 aromatic carbocycles. The van der Waals surface area contributed by atoms with Crippen molar-refractivity contribution in [1.82, 2.24) is 10.3 Å². The maximum Gasteiger partial charge on any atom is 0.220 e. The number of benzene rings is 2. The number of hydrogen-bond donors (Lipinski definition) is 1. The number of aryl methyl sites for hydroxylation is 1. The quantitative estimate of drug-likeness (QED) is 0.612. The molecule has 6 nitrogen and oxygen atoms in total. The van der Waals surface area contributed by atoms with Gasteiger partial charge in [0.05, 0.1) is 26.5 Å². The van der Waals surface area contributed by atoms with E-state index in [4.69, 9.17) is 13.9 Å². The Morgan fingerprint density at radius 3 is 2.62 bits per heavy atom. The van der Waals surface area contributed by atoms with Crippen molar-refractivity contribution in [3.63, 3.8) is 0 Å². The molecule has 0 fully saturated rings. The molecular weight excluding hydrogens is 375 g/mol. The second-order valence-electron chi connectivity index (χ2n) is 6.52. The van der Waals surface area contributed by atoms with E-state index in [9.17, 15) is 9.18 Å². The van der Waals surface area contributed by atoms with Crippen LogP contribution in [-0.2, 0) is 11.2 Å². The Bertz CT molecular complexity index is 969. The van der Waals surface area contributed by atoms with Crippen LogP contribution < -0.4 is 14.8 Å². The maximum absolute atomic E-state index is 13.0. The molecule has 0 aliphatic carbocycles. The summed E-state index contributed by atoms with van der Waals surface area (Å²) in [5.41, 5.74) is 1.56. The van der Waals surface area contributed by atoms with E-state index >= 15 is 0 Å². The monoisotopic (exact) mass is 398 g/mol. The number of methoxy groups -OCH3 is 2. The Hall–Kier alpha value is -3.35. The lowest BCUT2D eigenvalue weighted by molar-refractivity contribution is -0.121. The Morgan fingerprint density at radius 2 is 1.93 bits per heavy atom. The molecule has 1 atom stereocenters. The van der Waals surface area contributed by atoms with Crippen LogP contribution in [0.25, 0.3) is 11.3 Å². The van der Waals surface area contributed by atoms with Gasteiger partial charge >= 0.3 is 0 Å². The Morgan fingerprint density at radius 1 is 1.17 bits per heavy atom. The molecule has 7 heteroatoms. The molecule has 3 aromatic rings. The first-order chi connectivity index (χ1) is 14.0. The molecule has 0 saturated carbocycles. The Labute approximate surface area is 168 Å². The summed E-state index contributed by atoms with van der Waals surface area (Å²) in [6, 6.07) is 11.2. The lowest BCUT2D eigenvalue weighted by atomic mass is 10.1. The van der Waals surface area contributed by atoms with Crippen LogP contribution in [0.3, 0.4) is 0 Å². The van der Waals surface area contributed by atoms with E-state index < -0.39 is 0 Å². The average molecular weight is 398 g/mol. The number of carbonyl (C=O) groups is 1. The molecule has 0 spiro atoms. The van der Waals surface area contributed by atoms with Crippen LogP contribution in [-0.4, -0.2) is 25.1 Å². The van der Waals surface area contributed by atoms with Gasteiger partial charge in [0, 0.05) is 24.0 Å². The number of carbonyl (C=O) groups excluding carboxylic acids is 1. The zero-order chi connectivity index (χ0) is 20.8. The third kappa shape index (κ3) is 5.13. The first kappa shape index (κ1) is 20.4. The standard InChI is InChI=1S/C22H23FN2O4/c1-14(18-12-17(27-2)8-9-19(18)28-3)25-21(26)10-11-22-24-13-20(29-22)15-4-6-16(23)7-5-15/h4-9,12-14H,10-11H2,1-3H3,(H,25,26)/t14-/m0/s1. The molecule has 0 aliphatic rings. The number of aromatic nitrogens is 1. The van der Waals surface area contributed by atoms with Gasteiger partial charge in [-0.3, -0.25) is 4.79 Å². The molecule has 1 amide bonds. The van der Waals surface area contributed by atoms with Crippen molar-refractivity contribution >= 4 is 5.91 Å². The summed E-state index contributed by atoms with van der Waals surface area (Å²) in [6.07, 6.45) is 2.15. The molecular formula is C22H23FN2O4. The van der Waals surface area contributed by atoms with E-state index in [1.807, 2.05) is 13.0 Å². The second-order valence-corrected chi connectivity index (χ2v) is 6.52. The fourth-order valence-corrected chi connectivity index (χ4v) is 2.96. The number of amides is 1. The first-order valence-electron chi connectivity index (χ1n) is 9.22. The van der Waals surface area contributed by atoms with Crippen LogP contribution in [0.4, 0.5) is 4.39 Å². The molecule has 0 bridgehead atoms. The van der Waals surface area contributed by atoms with Gasteiger partial charge in [0.1, 0.15) is 17.3 Å². The molecule has 1 heterocycles. The topological polar surface area (TPSA) is 73.6 Å². The largest absolute Gasteiger partial charge is 0.497 e. The van der Waals surface area contributed by atoms with Gasteiger partial charge in [-0.2, -0.15) is 0 Å². The van der Waals surface area contributed by atoms with Gasteiger partial charge in [-0.15, -0.1) is 0 Å². The van der Waals surface area contributed by atoms with Crippen molar-refractivity contribution in [3.05, 3.63) is 65.9 Å². The van der Waals surface area contributed by atoms with Crippen LogP contribution in [0.15, 0.2) is 53.1 Å². The molecule has 0 radical (unpaired) electrons. The molecule has 1 aromatic heterocycles. The van der Waals surface area contributed by atoms with Gasteiger partial charge < -0.3 is 19.2 Å². The summed E-state index contributed by atoms with van der Waals surface area (Å²) in [4.78, 5) is 16.6. The Kier molecular flexibility index (Phi) is 6.49. The van der Waals surface area contributed by atoms with Crippen molar-refractivity contribution in [2.75, 3.05) is 14.2 Å². The lowest BCUT2D eigenvalue weighted by Crippen LogP contribution is -2.27. The van der Waals surface area contributed by atoms with Crippen LogP contribution in [0.5, 0.6) is 11.5 Å². The summed E-state index contributed by atoms with van der Waals surface area (Å²) < 4.78 is 29.3. The number of nitrogens with zero attached hydrogens (tertiary/aromatic N) is 1. The third-order valence-corrected chi connectivity index (χ3v) is 4.53. The van der Waals surface area contributed by atoms with Crippen LogP contribution >= 0.6 is 0 Å². The fourth-order valence-electron chi connectivity index (χ4n) is 2.96. The van der Waals surface area contributed by atoms with Crippen molar-refractivity contribution in [3.8, 4) is 22.8 Å². The maximum atomic E-state index is 13.0. The summed E-state index contributed by atoms with van der Waals surface area (Å²) >= 11 is 0. The average Bonchev–Trinajstić information content (AvgIpc) is 3.21. The van der Waals surface area contributed by atoms with Gasteiger partial charge in [0.15, 0.2) is 11.7 Å². The SMILES string of the molecule is COc1ccc(OC)c([C@H](C)NC(=O)CCc2ncc(-c3ccc(F)cc3)o2)c1. The van der Waals surface area contributed by atoms with Gasteiger partial charge in [-0.1, -0.05) is 0 Å². The number of rotatable bonds is 8. The van der Waals surface area contributed by atoms with Gasteiger partial charge in [-0.05, 0) is 49.4 Å². The highest BCUT2D eigenvalue weighted by Gasteiger charge is 2.16. The van der Waals surface area contributed by atoms with E-state index in [-0.39, 0.29) is 24.2 Å². The number of halogens is 1. The highest BCUT2D eigenvalue weighted by molar-refractivity contribution is 5.76. The van der Waals surface area contributed by atoms with E-state index in [0.29, 0.717) is 29.6 Å². The number of oxazole rings is 1. The zero-order valence-corrected chi connectivity index (χ0v) is 16.6. The van der Waals surface area contributed by atoms with Crippen LogP contribution in [0.1, 0.15) is 30.8 Å². The van der Waals surface area contributed by atoms with Crippen molar-refractivity contribution < 1.29 is 23.1 Å². The van der Waals surface area contributed by atoms with Gasteiger partial charge in [0.25, 0.3) is 0 Å². The van der Waals surface area contributed by atoms with Crippen LogP contribution in [0, 0.1) is 5.82 Å². The molecule has 152 valence electrons. The van der Waals surface area contributed by atoms with Crippen molar-refractivity contribution in [1.29, 1.82) is 0 Å². The highest BCUT2D eigenvalue weighted by Crippen LogP contribution is 2.29. The Balaban J connectivity index is 1.58. The summed E-state index contributed by atoms with van der Waals surface area (Å²) in [7, 11) is 3.17. The minimum absolute atomic E-state index is 0.135. The minimum Gasteiger partial charge on any atom is -0.497 e. The molecule has 0 unspecified atom stereocenters. The molecule has 0 saturated heterocycles. The molecule has 1 N–H and O–H groups in total. The van der Waals surface area contributed by atoms with E-state index in [1.165, 1.54) is 12.1 Å². The minimum atomic E-state index is -0.313. The smallest absolute Gasteiger partial charge is 0.220 e. The summed E-state index contributed by atoms with van der Waals surface area (Å²) in [5.74, 6) is 1.90. The van der Waals surface area contributed by atoms with E-state index in [2.05, 4.69) is 10.3 Å². The van der Waals surface area contributed by atoms with Crippen LogP contribution in [0.2, 0.25) is 0 Å². The number of nitrogens with one attached hydrogen (secondary N) is 1. The number of ether oxygens (including phenoxy) is 2. The fraction of sp³-hybridized carbons (Fsp3) is 0.273. The van der Waals surface area contributed by atoms with Crippen molar-refractivity contribution in [2.45, 2.75) is 25.8 Å². The lowest BCUT2D eigenvalue weighted by Gasteiger charge is -2.18. The molecule has 29 heavy (non-hydrogen) atoms.